The van der Waals surface area contributed by atoms with Crippen LogP contribution in [0.25, 0.3) is 16.9 Å². The van der Waals surface area contributed by atoms with Crippen molar-refractivity contribution in [2.45, 2.75) is 0 Å². The first-order valence-electron chi connectivity index (χ1n) is 6.36. The van der Waals surface area contributed by atoms with E-state index >= 15 is 0 Å². The maximum absolute atomic E-state index is 8.83. The lowest BCUT2D eigenvalue weighted by Gasteiger charge is -2.00. The number of nitrogens with zero attached hydrogens (tertiary/aromatic N) is 3. The van der Waals surface area contributed by atoms with Crippen molar-refractivity contribution in [1.82, 2.24) is 9.78 Å². The Morgan fingerprint density at radius 1 is 1.10 bits per heavy atom. The first kappa shape index (κ1) is 13.4. The number of benzene rings is 2. The standard InChI is InChI=1S/C16H12ClN3O/c17-14-6-4-5-12(9-14)16-13(10-18-21)11-20(19-16)15-7-2-1-3-8-15/h1-11,21H/b18-10-. The van der Waals surface area contributed by atoms with Gasteiger partial charge < -0.3 is 5.21 Å². The van der Waals surface area contributed by atoms with Gasteiger partial charge in [0.05, 0.1) is 11.9 Å². The van der Waals surface area contributed by atoms with E-state index in [0.29, 0.717) is 16.3 Å². The van der Waals surface area contributed by atoms with Gasteiger partial charge in [0.25, 0.3) is 0 Å². The normalized spacial score (nSPS) is 11.1. The smallest absolute Gasteiger partial charge is 0.102 e. The molecular formula is C16H12ClN3O. The molecule has 5 heteroatoms. The van der Waals surface area contributed by atoms with E-state index in [1.807, 2.05) is 54.7 Å². The van der Waals surface area contributed by atoms with Crippen molar-refractivity contribution in [3.05, 3.63) is 71.4 Å². The molecule has 0 bridgehead atoms. The first-order chi connectivity index (χ1) is 10.3. The highest BCUT2D eigenvalue weighted by atomic mass is 35.5. The summed E-state index contributed by atoms with van der Waals surface area (Å²) in [5.41, 5.74) is 3.22. The van der Waals surface area contributed by atoms with Crippen LogP contribution >= 0.6 is 11.6 Å². The van der Waals surface area contributed by atoms with E-state index in [-0.39, 0.29) is 0 Å². The Morgan fingerprint density at radius 3 is 2.62 bits per heavy atom. The van der Waals surface area contributed by atoms with Crippen molar-refractivity contribution in [3.63, 3.8) is 0 Å². The molecule has 0 unspecified atom stereocenters. The van der Waals surface area contributed by atoms with Crippen LogP contribution in [0.4, 0.5) is 0 Å². The van der Waals surface area contributed by atoms with Crippen LogP contribution in [0.2, 0.25) is 5.02 Å². The summed E-state index contributed by atoms with van der Waals surface area (Å²) in [5.74, 6) is 0. The molecule has 0 saturated carbocycles. The second-order valence-corrected chi connectivity index (χ2v) is 4.90. The van der Waals surface area contributed by atoms with E-state index in [1.54, 1.807) is 10.7 Å². The Kier molecular flexibility index (Phi) is 3.71. The van der Waals surface area contributed by atoms with E-state index in [2.05, 4.69) is 10.3 Å². The minimum Gasteiger partial charge on any atom is -0.411 e. The quantitative estimate of drug-likeness (QED) is 0.451. The number of hydrogen-bond acceptors (Lipinski definition) is 3. The lowest BCUT2D eigenvalue weighted by atomic mass is 10.1. The molecule has 1 heterocycles. The molecule has 3 rings (SSSR count). The van der Waals surface area contributed by atoms with Gasteiger partial charge in [-0.3, -0.25) is 0 Å². The number of halogens is 1. The van der Waals surface area contributed by atoms with Gasteiger partial charge in [-0.2, -0.15) is 5.10 Å². The highest BCUT2D eigenvalue weighted by Gasteiger charge is 2.11. The number of oxime groups is 1. The maximum atomic E-state index is 8.83. The predicted molar refractivity (Wildman–Crippen MR) is 83.4 cm³/mol. The van der Waals surface area contributed by atoms with Crippen LogP contribution in [-0.4, -0.2) is 21.2 Å². The summed E-state index contributed by atoms with van der Waals surface area (Å²) in [6.45, 7) is 0. The zero-order valence-electron chi connectivity index (χ0n) is 11.0. The molecule has 0 fully saturated rings. The van der Waals surface area contributed by atoms with Gasteiger partial charge in [-0.05, 0) is 24.3 Å². The van der Waals surface area contributed by atoms with Gasteiger partial charge in [0, 0.05) is 22.3 Å². The van der Waals surface area contributed by atoms with Gasteiger partial charge in [-0.25, -0.2) is 4.68 Å². The van der Waals surface area contributed by atoms with E-state index in [9.17, 15) is 0 Å². The SMILES string of the molecule is O/N=C\c1cn(-c2ccccc2)nc1-c1cccc(Cl)c1. The molecule has 3 aromatic rings. The fourth-order valence-electron chi connectivity index (χ4n) is 2.12. The molecule has 4 nitrogen and oxygen atoms in total. The third-order valence-corrected chi connectivity index (χ3v) is 3.29. The zero-order chi connectivity index (χ0) is 14.7. The number of aromatic nitrogens is 2. The van der Waals surface area contributed by atoms with Crippen LogP contribution < -0.4 is 0 Å². The average Bonchev–Trinajstić information content (AvgIpc) is 2.93. The summed E-state index contributed by atoms with van der Waals surface area (Å²) in [6.07, 6.45) is 3.17. The second-order valence-electron chi connectivity index (χ2n) is 4.47. The Bertz CT molecular complexity index is 781. The molecule has 2 aromatic carbocycles. The molecular weight excluding hydrogens is 286 g/mol. The first-order valence-corrected chi connectivity index (χ1v) is 6.74. The molecule has 0 amide bonds. The number of hydrogen-bond donors (Lipinski definition) is 1. The summed E-state index contributed by atoms with van der Waals surface area (Å²) >= 11 is 6.03. The van der Waals surface area contributed by atoms with E-state index in [4.69, 9.17) is 16.8 Å². The molecule has 21 heavy (non-hydrogen) atoms. The minimum absolute atomic E-state index is 0.633. The van der Waals surface area contributed by atoms with Crippen molar-refractivity contribution in [2.75, 3.05) is 0 Å². The van der Waals surface area contributed by atoms with Gasteiger partial charge >= 0.3 is 0 Å². The highest BCUT2D eigenvalue weighted by molar-refractivity contribution is 6.30. The Labute approximate surface area is 126 Å². The fraction of sp³-hybridized carbons (Fsp3) is 0. The van der Waals surface area contributed by atoms with Crippen molar-refractivity contribution in [2.24, 2.45) is 5.16 Å². The summed E-state index contributed by atoms with van der Waals surface area (Å²) in [5, 5.41) is 17.1. The molecule has 0 aliphatic carbocycles. The largest absolute Gasteiger partial charge is 0.411 e. The molecule has 0 aliphatic heterocycles. The third kappa shape index (κ3) is 2.80. The average molecular weight is 298 g/mol. The molecule has 0 spiro atoms. The Hall–Kier alpha value is -2.59. The minimum atomic E-state index is 0.633. The van der Waals surface area contributed by atoms with Crippen molar-refractivity contribution in [3.8, 4) is 16.9 Å². The molecule has 0 saturated heterocycles. The van der Waals surface area contributed by atoms with Crippen LogP contribution in [0.5, 0.6) is 0 Å². The van der Waals surface area contributed by atoms with E-state index < -0.39 is 0 Å². The van der Waals surface area contributed by atoms with Crippen LogP contribution in [0.3, 0.4) is 0 Å². The molecule has 0 radical (unpaired) electrons. The third-order valence-electron chi connectivity index (χ3n) is 3.06. The van der Waals surface area contributed by atoms with Crippen LogP contribution in [0.1, 0.15) is 5.56 Å². The number of para-hydroxylation sites is 1. The predicted octanol–water partition coefficient (Wildman–Crippen LogP) is 4.00. The lowest BCUT2D eigenvalue weighted by Crippen LogP contribution is -1.93. The monoisotopic (exact) mass is 297 g/mol. The van der Waals surface area contributed by atoms with E-state index in [1.165, 1.54) is 6.21 Å². The topological polar surface area (TPSA) is 50.4 Å². The maximum Gasteiger partial charge on any atom is 0.102 e. The van der Waals surface area contributed by atoms with Crippen molar-refractivity contribution in [1.29, 1.82) is 0 Å². The molecule has 1 N–H and O–H groups in total. The van der Waals surface area contributed by atoms with Crippen molar-refractivity contribution < 1.29 is 5.21 Å². The zero-order valence-corrected chi connectivity index (χ0v) is 11.8. The van der Waals surface area contributed by atoms with Gasteiger partial charge in [0.2, 0.25) is 0 Å². The van der Waals surface area contributed by atoms with Gasteiger partial charge in [0.1, 0.15) is 5.69 Å². The molecule has 0 atom stereocenters. The highest BCUT2D eigenvalue weighted by Crippen LogP contribution is 2.25. The summed E-state index contributed by atoms with van der Waals surface area (Å²) < 4.78 is 1.74. The molecule has 1 aromatic heterocycles. The van der Waals surface area contributed by atoms with Gasteiger partial charge in [-0.15, -0.1) is 0 Å². The summed E-state index contributed by atoms with van der Waals surface area (Å²) in [4.78, 5) is 0. The van der Waals surface area contributed by atoms with E-state index in [0.717, 1.165) is 11.3 Å². The van der Waals surface area contributed by atoms with Gasteiger partial charge in [-0.1, -0.05) is 47.1 Å². The molecule has 0 aliphatic rings. The lowest BCUT2D eigenvalue weighted by molar-refractivity contribution is 0.322. The van der Waals surface area contributed by atoms with Crippen LogP contribution in [-0.2, 0) is 0 Å². The Morgan fingerprint density at radius 2 is 1.90 bits per heavy atom. The van der Waals surface area contributed by atoms with Crippen LogP contribution in [0.15, 0.2) is 65.9 Å². The van der Waals surface area contributed by atoms with Crippen LogP contribution in [0, 0.1) is 0 Å². The second kappa shape index (κ2) is 5.81. The fourth-order valence-corrected chi connectivity index (χ4v) is 2.31. The number of rotatable bonds is 3. The molecule has 104 valence electrons. The van der Waals surface area contributed by atoms with Crippen molar-refractivity contribution >= 4 is 17.8 Å². The summed E-state index contributed by atoms with van der Waals surface area (Å²) in [7, 11) is 0. The van der Waals surface area contributed by atoms with Gasteiger partial charge in [0.15, 0.2) is 0 Å². The Balaban J connectivity index is 2.14. The summed E-state index contributed by atoms with van der Waals surface area (Å²) in [6, 6.07) is 17.1.